The van der Waals surface area contributed by atoms with Crippen molar-refractivity contribution in [3.05, 3.63) is 64.1 Å². The monoisotopic (exact) mass is 377 g/mol. The fraction of sp³-hybridized carbons (Fsp3) is 0.333. The van der Waals surface area contributed by atoms with Gasteiger partial charge in [-0.2, -0.15) is 11.8 Å². The van der Waals surface area contributed by atoms with E-state index in [-0.39, 0.29) is 0 Å². The number of thioether (sulfide) groups is 1. The topological polar surface area (TPSA) is 12.5 Å². The molecule has 0 radical (unpaired) electrons. The Bertz CT molecular complexity index is 599. The fourth-order valence-corrected chi connectivity index (χ4v) is 4.00. The molecular weight excluding hydrogens is 358 g/mol. The quantitative estimate of drug-likeness (QED) is 0.756. The molecule has 1 heterocycles. The van der Waals surface area contributed by atoms with E-state index in [0.717, 1.165) is 29.9 Å². The van der Waals surface area contributed by atoms with Gasteiger partial charge in [0.1, 0.15) is 12.4 Å². The normalized spacial score (nSPS) is 15.7. The first-order valence-corrected chi connectivity index (χ1v) is 9.52. The van der Waals surface area contributed by atoms with Crippen LogP contribution in [0.2, 0.25) is 0 Å². The van der Waals surface area contributed by atoms with Gasteiger partial charge in [0.15, 0.2) is 0 Å². The summed E-state index contributed by atoms with van der Waals surface area (Å²) in [7, 11) is 0. The molecule has 0 amide bonds. The molecule has 22 heavy (non-hydrogen) atoms. The van der Waals surface area contributed by atoms with E-state index in [9.17, 15) is 0 Å². The first-order chi connectivity index (χ1) is 10.8. The second kappa shape index (κ2) is 8.04. The molecule has 1 aliphatic heterocycles. The van der Waals surface area contributed by atoms with Crippen LogP contribution in [0.3, 0.4) is 0 Å². The highest BCUT2D eigenvalue weighted by atomic mass is 79.9. The molecule has 0 bridgehead atoms. The third kappa shape index (κ3) is 4.28. The zero-order chi connectivity index (χ0) is 15.2. The highest BCUT2D eigenvalue weighted by Crippen LogP contribution is 2.29. The summed E-state index contributed by atoms with van der Waals surface area (Å²) >= 11 is 5.73. The zero-order valence-electron chi connectivity index (χ0n) is 12.5. The van der Waals surface area contributed by atoms with Crippen LogP contribution in [0, 0.1) is 0 Å². The molecule has 2 aromatic rings. The van der Waals surface area contributed by atoms with Crippen LogP contribution in [0.1, 0.15) is 11.1 Å². The minimum atomic E-state index is 0.611. The van der Waals surface area contributed by atoms with E-state index in [1.807, 2.05) is 36.0 Å². The lowest BCUT2D eigenvalue weighted by atomic mass is 10.2. The minimum absolute atomic E-state index is 0.611. The largest absolute Gasteiger partial charge is 0.489 e. The van der Waals surface area contributed by atoms with E-state index in [2.05, 4.69) is 45.1 Å². The van der Waals surface area contributed by atoms with E-state index in [0.29, 0.717) is 6.61 Å². The number of halogens is 1. The van der Waals surface area contributed by atoms with Crippen LogP contribution in [0.5, 0.6) is 5.75 Å². The van der Waals surface area contributed by atoms with Gasteiger partial charge >= 0.3 is 0 Å². The maximum absolute atomic E-state index is 6.08. The maximum Gasteiger partial charge on any atom is 0.125 e. The van der Waals surface area contributed by atoms with Crippen LogP contribution in [0.15, 0.2) is 53.0 Å². The minimum Gasteiger partial charge on any atom is -0.489 e. The average Bonchev–Trinajstić information content (AvgIpc) is 2.57. The Kier molecular flexibility index (Phi) is 5.82. The summed E-state index contributed by atoms with van der Waals surface area (Å²) in [4.78, 5) is 2.51. The number of rotatable bonds is 5. The lowest BCUT2D eigenvalue weighted by Crippen LogP contribution is -2.32. The predicted octanol–water partition coefficient (Wildman–Crippen LogP) is 4.58. The van der Waals surface area contributed by atoms with Crippen molar-refractivity contribution in [1.29, 1.82) is 0 Å². The molecule has 0 saturated carbocycles. The molecule has 0 unspecified atom stereocenters. The Balaban J connectivity index is 1.71. The highest BCUT2D eigenvalue weighted by molar-refractivity contribution is 9.10. The number of nitrogens with zero attached hydrogens (tertiary/aromatic N) is 1. The molecule has 116 valence electrons. The zero-order valence-corrected chi connectivity index (χ0v) is 14.9. The van der Waals surface area contributed by atoms with Crippen molar-refractivity contribution in [3.8, 4) is 5.75 Å². The summed E-state index contributed by atoms with van der Waals surface area (Å²) in [5.74, 6) is 3.44. The maximum atomic E-state index is 6.08. The smallest absolute Gasteiger partial charge is 0.125 e. The molecule has 2 nitrogen and oxygen atoms in total. The molecule has 0 aromatic heterocycles. The van der Waals surface area contributed by atoms with Gasteiger partial charge < -0.3 is 4.74 Å². The van der Waals surface area contributed by atoms with Crippen LogP contribution in [-0.2, 0) is 13.2 Å². The van der Waals surface area contributed by atoms with Gasteiger partial charge in [0, 0.05) is 41.2 Å². The van der Waals surface area contributed by atoms with Gasteiger partial charge in [0.25, 0.3) is 0 Å². The summed E-state index contributed by atoms with van der Waals surface area (Å²) in [6.45, 7) is 3.88. The molecule has 3 rings (SSSR count). The highest BCUT2D eigenvalue weighted by Gasteiger charge is 2.15. The van der Waals surface area contributed by atoms with Crippen molar-refractivity contribution in [1.82, 2.24) is 4.90 Å². The van der Waals surface area contributed by atoms with Gasteiger partial charge in [-0.15, -0.1) is 0 Å². The van der Waals surface area contributed by atoms with Crippen LogP contribution in [0.4, 0.5) is 0 Å². The second-order valence-electron chi connectivity index (χ2n) is 5.38. The van der Waals surface area contributed by atoms with Crippen LogP contribution in [-0.4, -0.2) is 29.5 Å². The molecule has 1 aliphatic rings. The van der Waals surface area contributed by atoms with Crippen LogP contribution >= 0.6 is 27.7 Å². The summed E-state index contributed by atoms with van der Waals surface area (Å²) in [6, 6.07) is 16.5. The molecule has 1 fully saturated rings. The van der Waals surface area contributed by atoms with Crippen LogP contribution < -0.4 is 4.74 Å². The fourth-order valence-electron chi connectivity index (χ4n) is 2.55. The molecule has 0 aliphatic carbocycles. The molecular formula is C18H20BrNOS. The van der Waals surface area contributed by atoms with E-state index in [1.54, 1.807) is 0 Å². The summed E-state index contributed by atoms with van der Waals surface area (Å²) in [5.41, 5.74) is 2.45. The van der Waals surface area contributed by atoms with Crippen molar-refractivity contribution in [2.75, 3.05) is 24.6 Å². The van der Waals surface area contributed by atoms with Gasteiger partial charge in [-0.3, -0.25) is 4.90 Å². The van der Waals surface area contributed by atoms with Gasteiger partial charge in [-0.1, -0.05) is 52.3 Å². The Hall–Kier alpha value is -0.970. The number of hydrogen-bond acceptors (Lipinski definition) is 3. The molecule has 0 atom stereocenters. The first-order valence-electron chi connectivity index (χ1n) is 7.57. The first kappa shape index (κ1) is 15.9. The molecule has 1 saturated heterocycles. The standard InChI is InChI=1S/C18H20BrNOS/c19-17-7-4-8-18(21-14-15-5-2-1-3-6-15)16(17)13-20-9-11-22-12-10-20/h1-8H,9-14H2. The molecule has 0 spiro atoms. The summed E-state index contributed by atoms with van der Waals surface area (Å²) in [6.07, 6.45) is 0. The van der Waals surface area contributed by atoms with Gasteiger partial charge in [-0.05, 0) is 17.7 Å². The van der Waals surface area contributed by atoms with Crippen molar-refractivity contribution < 1.29 is 4.74 Å². The number of hydrogen-bond donors (Lipinski definition) is 0. The Labute approximate surface area is 145 Å². The van der Waals surface area contributed by atoms with E-state index < -0.39 is 0 Å². The SMILES string of the molecule is Brc1cccc(OCc2ccccc2)c1CN1CCSCC1. The van der Waals surface area contributed by atoms with E-state index >= 15 is 0 Å². The summed E-state index contributed by atoms with van der Waals surface area (Å²) < 4.78 is 7.22. The van der Waals surface area contributed by atoms with Gasteiger partial charge in [-0.25, -0.2) is 0 Å². The lowest BCUT2D eigenvalue weighted by Gasteiger charge is -2.27. The van der Waals surface area contributed by atoms with Crippen molar-refractivity contribution in [2.24, 2.45) is 0 Å². The second-order valence-corrected chi connectivity index (χ2v) is 7.46. The van der Waals surface area contributed by atoms with Crippen molar-refractivity contribution in [3.63, 3.8) is 0 Å². The van der Waals surface area contributed by atoms with Gasteiger partial charge in [0.05, 0.1) is 0 Å². The Morgan fingerprint density at radius 2 is 1.77 bits per heavy atom. The van der Waals surface area contributed by atoms with E-state index in [1.165, 1.54) is 22.6 Å². The third-order valence-corrected chi connectivity index (χ3v) is 5.48. The Morgan fingerprint density at radius 3 is 2.55 bits per heavy atom. The van der Waals surface area contributed by atoms with Crippen LogP contribution in [0.25, 0.3) is 0 Å². The average molecular weight is 378 g/mol. The van der Waals surface area contributed by atoms with E-state index in [4.69, 9.17) is 4.74 Å². The summed E-state index contributed by atoms with van der Waals surface area (Å²) in [5, 5.41) is 0. The Morgan fingerprint density at radius 1 is 1.00 bits per heavy atom. The van der Waals surface area contributed by atoms with Crippen molar-refractivity contribution in [2.45, 2.75) is 13.2 Å². The number of ether oxygens (including phenoxy) is 1. The van der Waals surface area contributed by atoms with Gasteiger partial charge in [0.2, 0.25) is 0 Å². The lowest BCUT2D eigenvalue weighted by molar-refractivity contribution is 0.271. The third-order valence-electron chi connectivity index (χ3n) is 3.80. The predicted molar refractivity (Wildman–Crippen MR) is 97.5 cm³/mol. The molecule has 0 N–H and O–H groups in total. The molecule has 2 aromatic carbocycles. The number of benzene rings is 2. The molecule has 4 heteroatoms. The van der Waals surface area contributed by atoms with Crippen molar-refractivity contribution >= 4 is 27.7 Å².